The van der Waals surface area contributed by atoms with Crippen molar-refractivity contribution in [2.24, 2.45) is 0 Å². The number of hydrogen-bond donors (Lipinski definition) is 3. The van der Waals surface area contributed by atoms with Crippen molar-refractivity contribution in [1.82, 2.24) is 10.8 Å². The van der Waals surface area contributed by atoms with E-state index < -0.39 is 10.4 Å². The molecule has 0 saturated heterocycles. The Morgan fingerprint density at radius 3 is 2.85 bits per heavy atom. The molecule has 1 aliphatic rings. The number of allylic oxidation sites excluding steroid dienone is 4. The van der Waals surface area contributed by atoms with Crippen LogP contribution < -0.4 is 10.8 Å². The summed E-state index contributed by atoms with van der Waals surface area (Å²) in [6, 6.07) is -0.717. The number of urea groups is 1. The van der Waals surface area contributed by atoms with Gasteiger partial charge < -0.3 is 5.32 Å². The van der Waals surface area contributed by atoms with Gasteiger partial charge >= 0.3 is 6.03 Å². The average Bonchev–Trinajstić information content (AvgIpc) is 2.02. The maximum Gasteiger partial charge on any atom is 0.342 e. The van der Waals surface area contributed by atoms with Crippen LogP contribution in [0.5, 0.6) is 0 Å². The first-order chi connectivity index (χ1) is 6.03. The molecule has 0 saturated carbocycles. The van der Waals surface area contributed by atoms with Gasteiger partial charge in [0.25, 0.3) is 0 Å². The zero-order valence-electron chi connectivity index (χ0n) is 6.55. The number of amides is 2. The van der Waals surface area contributed by atoms with Gasteiger partial charge in [-0.3, -0.25) is 5.21 Å². The topological polar surface area (TPSA) is 61.4 Å². The first-order valence-electron chi connectivity index (χ1n) is 3.51. The third-order valence-electron chi connectivity index (χ3n) is 1.44. The molecule has 72 valence electrons. The van der Waals surface area contributed by atoms with E-state index in [9.17, 15) is 4.79 Å². The largest absolute Gasteiger partial charge is 0.342 e. The van der Waals surface area contributed by atoms with E-state index in [0.717, 1.165) is 0 Å². The Morgan fingerprint density at radius 2 is 2.31 bits per heavy atom. The number of rotatable bonds is 1. The van der Waals surface area contributed by atoms with E-state index in [1.165, 1.54) is 5.48 Å². The van der Waals surface area contributed by atoms with Crippen LogP contribution in [0.25, 0.3) is 0 Å². The van der Waals surface area contributed by atoms with Gasteiger partial charge in [0.1, 0.15) is 4.33 Å². The van der Waals surface area contributed by atoms with Gasteiger partial charge in [-0.1, -0.05) is 29.3 Å². The summed E-state index contributed by atoms with van der Waals surface area (Å²) in [4.78, 5) is 10.7. The van der Waals surface area contributed by atoms with E-state index in [1.54, 1.807) is 18.2 Å². The molecule has 1 rings (SSSR count). The average molecular weight is 223 g/mol. The standard InChI is InChI=1S/C7H8Cl2N2O2/c8-7(9)3-1-2-5(4-7)10-6(12)11-13/h1-3,13H,4H2,(H2,10,11,12). The van der Waals surface area contributed by atoms with Crippen LogP contribution in [0.3, 0.4) is 0 Å². The molecule has 4 nitrogen and oxygen atoms in total. The minimum absolute atomic E-state index is 0.292. The van der Waals surface area contributed by atoms with Crippen LogP contribution in [0, 0.1) is 0 Å². The molecular weight excluding hydrogens is 215 g/mol. The fourth-order valence-corrected chi connectivity index (χ4v) is 1.37. The molecule has 0 aromatic carbocycles. The van der Waals surface area contributed by atoms with Crippen molar-refractivity contribution >= 4 is 29.2 Å². The van der Waals surface area contributed by atoms with Crippen LogP contribution in [0.15, 0.2) is 23.9 Å². The van der Waals surface area contributed by atoms with Crippen molar-refractivity contribution in [3.8, 4) is 0 Å². The summed E-state index contributed by atoms with van der Waals surface area (Å²) in [5.41, 5.74) is 1.98. The van der Waals surface area contributed by atoms with E-state index in [2.05, 4.69) is 5.32 Å². The molecule has 0 spiro atoms. The molecule has 3 N–H and O–H groups in total. The van der Waals surface area contributed by atoms with Crippen LogP contribution in [0.1, 0.15) is 6.42 Å². The van der Waals surface area contributed by atoms with E-state index >= 15 is 0 Å². The Bertz CT molecular complexity index is 274. The molecule has 0 unspecified atom stereocenters. The first-order valence-corrected chi connectivity index (χ1v) is 4.26. The lowest BCUT2D eigenvalue weighted by Crippen LogP contribution is -2.34. The predicted octanol–water partition coefficient (Wildman–Crippen LogP) is 1.69. The smallest absolute Gasteiger partial charge is 0.310 e. The Morgan fingerprint density at radius 1 is 1.62 bits per heavy atom. The third-order valence-corrected chi connectivity index (χ3v) is 1.96. The van der Waals surface area contributed by atoms with Gasteiger partial charge in [-0.15, -0.1) is 0 Å². The lowest BCUT2D eigenvalue weighted by Gasteiger charge is -2.20. The fourth-order valence-electron chi connectivity index (χ4n) is 0.936. The second-order valence-electron chi connectivity index (χ2n) is 2.55. The molecule has 0 atom stereocenters. The summed E-state index contributed by atoms with van der Waals surface area (Å²) in [6.07, 6.45) is 5.19. The highest BCUT2D eigenvalue weighted by Gasteiger charge is 2.24. The van der Waals surface area contributed by atoms with Gasteiger partial charge in [0.2, 0.25) is 0 Å². The number of carbonyl (C=O) groups is 1. The van der Waals surface area contributed by atoms with Crippen LogP contribution in [-0.2, 0) is 0 Å². The second-order valence-corrected chi connectivity index (χ2v) is 4.10. The number of hydroxylamine groups is 1. The zero-order chi connectivity index (χ0) is 9.90. The molecule has 6 heteroatoms. The maximum absolute atomic E-state index is 10.7. The lowest BCUT2D eigenvalue weighted by molar-refractivity contribution is 0.163. The van der Waals surface area contributed by atoms with Crippen molar-refractivity contribution in [3.05, 3.63) is 23.9 Å². The number of hydrogen-bond acceptors (Lipinski definition) is 2. The van der Waals surface area contributed by atoms with Crippen LogP contribution in [0.4, 0.5) is 4.79 Å². The Labute approximate surface area is 85.2 Å². The summed E-state index contributed by atoms with van der Waals surface area (Å²) < 4.78 is -0.993. The van der Waals surface area contributed by atoms with E-state index in [0.29, 0.717) is 12.1 Å². The Balaban J connectivity index is 2.58. The normalized spacial score (nSPS) is 19.2. The fraction of sp³-hybridized carbons (Fsp3) is 0.286. The molecule has 0 aliphatic heterocycles. The van der Waals surface area contributed by atoms with Crippen molar-refractivity contribution < 1.29 is 10.0 Å². The highest BCUT2D eigenvalue weighted by atomic mass is 35.5. The minimum Gasteiger partial charge on any atom is -0.310 e. The molecule has 13 heavy (non-hydrogen) atoms. The third kappa shape index (κ3) is 3.26. The Kier molecular flexibility index (Phi) is 3.19. The molecule has 0 fully saturated rings. The molecular formula is C7H8Cl2N2O2. The highest BCUT2D eigenvalue weighted by molar-refractivity contribution is 6.50. The van der Waals surface area contributed by atoms with Crippen molar-refractivity contribution in [1.29, 1.82) is 0 Å². The van der Waals surface area contributed by atoms with Crippen LogP contribution >= 0.6 is 23.2 Å². The van der Waals surface area contributed by atoms with E-state index in [-0.39, 0.29) is 0 Å². The predicted molar refractivity (Wildman–Crippen MR) is 49.7 cm³/mol. The molecule has 0 radical (unpaired) electrons. The molecule has 0 aromatic heterocycles. The maximum atomic E-state index is 10.7. The van der Waals surface area contributed by atoms with Crippen LogP contribution in [0.2, 0.25) is 0 Å². The molecule has 0 bridgehead atoms. The SMILES string of the molecule is O=C(NO)NC1=CC=CC(Cl)(Cl)C1. The van der Waals surface area contributed by atoms with Gasteiger partial charge in [0, 0.05) is 12.1 Å². The van der Waals surface area contributed by atoms with Crippen molar-refractivity contribution in [2.45, 2.75) is 10.8 Å². The minimum atomic E-state index is -0.993. The summed E-state index contributed by atoms with van der Waals surface area (Å²) in [5, 5.41) is 10.6. The van der Waals surface area contributed by atoms with E-state index in [4.69, 9.17) is 28.4 Å². The van der Waals surface area contributed by atoms with E-state index in [1.807, 2.05) is 0 Å². The number of halogens is 2. The van der Waals surface area contributed by atoms with Gasteiger partial charge in [0.05, 0.1) is 0 Å². The number of carbonyl (C=O) groups excluding carboxylic acids is 1. The quantitative estimate of drug-likeness (QED) is 0.360. The molecule has 0 heterocycles. The van der Waals surface area contributed by atoms with Gasteiger partial charge in [0.15, 0.2) is 0 Å². The summed E-state index contributed by atoms with van der Waals surface area (Å²) >= 11 is 11.6. The van der Waals surface area contributed by atoms with Crippen molar-refractivity contribution in [2.75, 3.05) is 0 Å². The number of alkyl halides is 2. The highest BCUT2D eigenvalue weighted by Crippen LogP contribution is 2.32. The zero-order valence-corrected chi connectivity index (χ0v) is 8.06. The molecule has 1 aliphatic carbocycles. The Hall–Kier alpha value is -0.710. The summed E-state index contributed by atoms with van der Waals surface area (Å²) in [6.45, 7) is 0. The molecule has 0 aromatic rings. The second kappa shape index (κ2) is 4.00. The van der Waals surface area contributed by atoms with Gasteiger partial charge in [-0.2, -0.15) is 0 Å². The lowest BCUT2D eigenvalue weighted by atomic mass is 10.1. The van der Waals surface area contributed by atoms with Gasteiger partial charge in [-0.25, -0.2) is 10.3 Å². The van der Waals surface area contributed by atoms with Crippen LogP contribution in [-0.4, -0.2) is 15.6 Å². The van der Waals surface area contributed by atoms with Gasteiger partial charge in [-0.05, 0) is 12.2 Å². The summed E-state index contributed by atoms with van der Waals surface area (Å²) in [5.74, 6) is 0. The van der Waals surface area contributed by atoms with Crippen molar-refractivity contribution in [3.63, 3.8) is 0 Å². The number of nitrogens with one attached hydrogen (secondary N) is 2. The first kappa shape index (κ1) is 10.4. The summed E-state index contributed by atoms with van der Waals surface area (Å²) in [7, 11) is 0. The monoisotopic (exact) mass is 222 g/mol. The molecule has 2 amide bonds.